The van der Waals surface area contributed by atoms with E-state index in [-0.39, 0.29) is 18.0 Å². The summed E-state index contributed by atoms with van der Waals surface area (Å²) in [6.45, 7) is 5.39. The molecular formula is C13H22O3. The van der Waals surface area contributed by atoms with E-state index in [4.69, 9.17) is 9.47 Å². The van der Waals surface area contributed by atoms with Crippen molar-refractivity contribution >= 4 is 5.78 Å². The molecule has 2 aliphatic rings. The van der Waals surface area contributed by atoms with Crippen LogP contribution in [-0.4, -0.2) is 23.8 Å². The van der Waals surface area contributed by atoms with Crippen LogP contribution in [0.4, 0.5) is 0 Å². The lowest BCUT2D eigenvalue weighted by atomic mass is 9.83. The molecule has 1 saturated heterocycles. The molecule has 1 saturated carbocycles. The van der Waals surface area contributed by atoms with Gasteiger partial charge in [0.2, 0.25) is 0 Å². The van der Waals surface area contributed by atoms with E-state index in [0.717, 1.165) is 0 Å². The van der Waals surface area contributed by atoms with Gasteiger partial charge in [-0.05, 0) is 39.5 Å². The second-order valence-electron chi connectivity index (χ2n) is 5.53. The van der Waals surface area contributed by atoms with Crippen LogP contribution in [0.25, 0.3) is 0 Å². The van der Waals surface area contributed by atoms with Crippen molar-refractivity contribution in [3.63, 3.8) is 0 Å². The molecule has 0 aromatic heterocycles. The third-order valence-electron chi connectivity index (χ3n) is 3.64. The summed E-state index contributed by atoms with van der Waals surface area (Å²) in [5, 5.41) is 0. The zero-order valence-electron chi connectivity index (χ0n) is 10.5. The average molecular weight is 226 g/mol. The zero-order valence-corrected chi connectivity index (χ0v) is 10.5. The van der Waals surface area contributed by atoms with Crippen molar-refractivity contribution in [2.45, 2.75) is 70.9 Å². The van der Waals surface area contributed by atoms with Crippen LogP contribution >= 0.6 is 0 Å². The third-order valence-corrected chi connectivity index (χ3v) is 3.64. The molecular weight excluding hydrogens is 204 g/mol. The number of carbonyl (C=O) groups is 1. The van der Waals surface area contributed by atoms with E-state index in [1.165, 1.54) is 32.1 Å². The van der Waals surface area contributed by atoms with Crippen LogP contribution in [0.3, 0.4) is 0 Å². The van der Waals surface area contributed by atoms with Gasteiger partial charge < -0.3 is 9.47 Å². The van der Waals surface area contributed by atoms with Gasteiger partial charge in [-0.25, -0.2) is 0 Å². The number of rotatable bonds is 2. The van der Waals surface area contributed by atoms with Crippen molar-refractivity contribution in [2.75, 3.05) is 0 Å². The fourth-order valence-electron chi connectivity index (χ4n) is 2.91. The van der Waals surface area contributed by atoms with Gasteiger partial charge in [0.15, 0.2) is 11.6 Å². The highest BCUT2D eigenvalue weighted by Crippen LogP contribution is 2.38. The van der Waals surface area contributed by atoms with Gasteiger partial charge in [-0.3, -0.25) is 4.79 Å². The fourth-order valence-corrected chi connectivity index (χ4v) is 2.91. The van der Waals surface area contributed by atoms with Crippen LogP contribution in [0.5, 0.6) is 0 Å². The van der Waals surface area contributed by atoms with Crippen LogP contribution in [0.1, 0.15) is 52.9 Å². The van der Waals surface area contributed by atoms with Crippen LogP contribution in [-0.2, 0) is 14.3 Å². The predicted octanol–water partition coefficient (Wildman–Crippen LogP) is 2.68. The summed E-state index contributed by atoms with van der Waals surface area (Å²) in [5.41, 5.74) is 0. The molecule has 0 aromatic carbocycles. The Morgan fingerprint density at radius 3 is 2.31 bits per heavy atom. The predicted molar refractivity (Wildman–Crippen MR) is 61.1 cm³/mol. The molecule has 1 aliphatic carbocycles. The molecule has 3 nitrogen and oxygen atoms in total. The fraction of sp³-hybridized carbons (Fsp3) is 0.923. The molecule has 3 heteroatoms. The van der Waals surface area contributed by atoms with Crippen molar-refractivity contribution in [1.29, 1.82) is 0 Å². The summed E-state index contributed by atoms with van der Waals surface area (Å²) in [6, 6.07) is 0. The van der Waals surface area contributed by atoms with E-state index in [2.05, 4.69) is 0 Å². The second-order valence-corrected chi connectivity index (χ2v) is 5.53. The van der Waals surface area contributed by atoms with Gasteiger partial charge in [0.05, 0.1) is 6.10 Å². The summed E-state index contributed by atoms with van der Waals surface area (Å²) >= 11 is 0. The minimum absolute atomic E-state index is 0.0206. The zero-order chi connectivity index (χ0) is 11.8. The van der Waals surface area contributed by atoms with E-state index in [9.17, 15) is 4.79 Å². The van der Waals surface area contributed by atoms with Crippen LogP contribution < -0.4 is 0 Å². The summed E-state index contributed by atoms with van der Waals surface area (Å²) in [6.07, 6.45) is 5.82. The Kier molecular flexibility index (Phi) is 3.36. The first-order chi connectivity index (χ1) is 7.49. The third kappa shape index (κ3) is 2.46. The topological polar surface area (TPSA) is 35.5 Å². The molecule has 92 valence electrons. The monoisotopic (exact) mass is 226 g/mol. The van der Waals surface area contributed by atoms with Crippen LogP contribution in [0.2, 0.25) is 0 Å². The van der Waals surface area contributed by atoms with Crippen LogP contribution in [0.15, 0.2) is 0 Å². The standard InChI is InChI=1S/C13H22O3/c1-9(14)11-12(16-13(2,3)15-11)10-7-5-4-6-8-10/h10-12H,4-8H2,1-3H3/t11-,12+/m0/s1. The number of hydrogen-bond donors (Lipinski definition) is 0. The van der Waals surface area contributed by atoms with Crippen molar-refractivity contribution in [1.82, 2.24) is 0 Å². The molecule has 0 N–H and O–H groups in total. The minimum Gasteiger partial charge on any atom is -0.344 e. The normalized spacial score (nSPS) is 35.2. The molecule has 0 unspecified atom stereocenters. The molecule has 1 aliphatic heterocycles. The Morgan fingerprint density at radius 2 is 1.75 bits per heavy atom. The summed E-state index contributed by atoms with van der Waals surface area (Å²) < 4.78 is 11.6. The van der Waals surface area contributed by atoms with Gasteiger partial charge in [0.25, 0.3) is 0 Å². The molecule has 0 bridgehead atoms. The molecule has 2 rings (SSSR count). The lowest BCUT2D eigenvalue weighted by Gasteiger charge is -2.28. The first-order valence-corrected chi connectivity index (χ1v) is 6.36. The average Bonchev–Trinajstić information content (AvgIpc) is 2.56. The van der Waals surface area contributed by atoms with E-state index in [1.54, 1.807) is 6.92 Å². The lowest BCUT2D eigenvalue weighted by molar-refractivity contribution is -0.156. The molecule has 0 spiro atoms. The Hall–Kier alpha value is -0.410. The quantitative estimate of drug-likeness (QED) is 0.726. The molecule has 1 heterocycles. The summed E-state index contributed by atoms with van der Waals surface area (Å²) in [4.78, 5) is 11.6. The van der Waals surface area contributed by atoms with Gasteiger partial charge in [-0.1, -0.05) is 19.3 Å². The minimum atomic E-state index is -0.599. The first kappa shape index (κ1) is 12.1. The molecule has 2 fully saturated rings. The smallest absolute Gasteiger partial charge is 0.164 e. The van der Waals surface area contributed by atoms with Gasteiger partial charge in [0.1, 0.15) is 6.10 Å². The Labute approximate surface area is 97.5 Å². The Bertz CT molecular complexity index is 266. The van der Waals surface area contributed by atoms with Crippen molar-refractivity contribution in [2.24, 2.45) is 5.92 Å². The highest BCUT2D eigenvalue weighted by molar-refractivity contribution is 5.81. The number of Topliss-reactive ketones (excluding diaryl/α,β-unsaturated/α-hetero) is 1. The van der Waals surface area contributed by atoms with Crippen LogP contribution in [0, 0.1) is 5.92 Å². The van der Waals surface area contributed by atoms with E-state index >= 15 is 0 Å². The number of carbonyl (C=O) groups excluding carboxylic acids is 1. The Balaban J connectivity index is 2.08. The SMILES string of the molecule is CC(=O)[C@@H]1OC(C)(C)O[C@@H]1C1CCCCC1. The first-order valence-electron chi connectivity index (χ1n) is 6.36. The molecule has 2 atom stereocenters. The van der Waals surface area contributed by atoms with Gasteiger partial charge in [-0.15, -0.1) is 0 Å². The Morgan fingerprint density at radius 1 is 1.12 bits per heavy atom. The number of ether oxygens (including phenoxy) is 2. The lowest BCUT2D eigenvalue weighted by Crippen LogP contribution is -2.36. The highest BCUT2D eigenvalue weighted by atomic mass is 16.8. The van der Waals surface area contributed by atoms with Gasteiger partial charge in [0, 0.05) is 0 Å². The molecule has 16 heavy (non-hydrogen) atoms. The molecule has 0 aromatic rings. The maximum Gasteiger partial charge on any atom is 0.164 e. The number of hydrogen-bond acceptors (Lipinski definition) is 3. The molecule has 0 amide bonds. The van der Waals surface area contributed by atoms with E-state index in [0.29, 0.717) is 5.92 Å². The highest BCUT2D eigenvalue weighted by Gasteiger charge is 2.46. The van der Waals surface area contributed by atoms with Crippen molar-refractivity contribution in [3.8, 4) is 0 Å². The van der Waals surface area contributed by atoms with Crippen molar-refractivity contribution in [3.05, 3.63) is 0 Å². The largest absolute Gasteiger partial charge is 0.344 e. The van der Waals surface area contributed by atoms with E-state index < -0.39 is 5.79 Å². The van der Waals surface area contributed by atoms with Crippen molar-refractivity contribution < 1.29 is 14.3 Å². The van der Waals surface area contributed by atoms with Gasteiger partial charge >= 0.3 is 0 Å². The maximum absolute atomic E-state index is 11.6. The number of ketones is 1. The molecule has 0 radical (unpaired) electrons. The summed E-state index contributed by atoms with van der Waals surface area (Å²) in [5.74, 6) is 0.00362. The summed E-state index contributed by atoms with van der Waals surface area (Å²) in [7, 11) is 0. The van der Waals surface area contributed by atoms with E-state index in [1.807, 2.05) is 13.8 Å². The maximum atomic E-state index is 11.6. The van der Waals surface area contributed by atoms with Gasteiger partial charge in [-0.2, -0.15) is 0 Å². The second kappa shape index (κ2) is 4.46.